The summed E-state index contributed by atoms with van der Waals surface area (Å²) >= 11 is 1.12. The lowest BCUT2D eigenvalue weighted by molar-refractivity contribution is -0.133. The van der Waals surface area contributed by atoms with Crippen LogP contribution in [0.25, 0.3) is 0 Å². The lowest BCUT2D eigenvalue weighted by atomic mass is 10.2. The number of nitrogens with zero attached hydrogens (tertiary/aromatic N) is 3. The van der Waals surface area contributed by atoms with Crippen molar-refractivity contribution < 1.29 is 13.2 Å². The Bertz CT molecular complexity index is 597. The molecule has 1 amide bonds. The second-order valence-electron chi connectivity index (χ2n) is 4.77. The summed E-state index contributed by atoms with van der Waals surface area (Å²) in [5, 5.41) is 3.75. The lowest BCUT2D eigenvalue weighted by Crippen LogP contribution is -2.59. The zero-order valence-corrected chi connectivity index (χ0v) is 13.3. The fraction of sp³-hybridized carbons (Fsp3) is 0.636. The molecule has 9 heteroatoms. The third-order valence-electron chi connectivity index (χ3n) is 3.08. The number of aromatic nitrogens is 1. The van der Waals surface area contributed by atoms with Crippen molar-refractivity contribution >= 4 is 27.3 Å². The summed E-state index contributed by atoms with van der Waals surface area (Å²) in [7, 11) is -0.420. The van der Waals surface area contributed by atoms with Crippen LogP contribution < -0.4 is 5.32 Å². The van der Waals surface area contributed by atoms with Crippen molar-refractivity contribution in [3.05, 3.63) is 11.2 Å². The van der Waals surface area contributed by atoms with E-state index in [1.807, 2.05) is 0 Å². The maximum Gasteiger partial charge on any atom is 0.254 e. The van der Waals surface area contributed by atoms with Gasteiger partial charge >= 0.3 is 0 Å². The van der Waals surface area contributed by atoms with Gasteiger partial charge in [0.1, 0.15) is 6.04 Å². The Hall–Kier alpha value is -1.03. The van der Waals surface area contributed by atoms with Crippen LogP contribution in [0.3, 0.4) is 0 Å². The molecule has 0 radical (unpaired) electrons. The van der Waals surface area contributed by atoms with Crippen LogP contribution in [0, 0.1) is 6.92 Å². The van der Waals surface area contributed by atoms with E-state index in [1.54, 1.807) is 21.0 Å². The van der Waals surface area contributed by atoms with E-state index >= 15 is 0 Å². The SMILES string of the molecule is Cc1ncc(S(=O)(=O)N2CCNCC2C(=O)N(C)C)s1. The highest BCUT2D eigenvalue weighted by Gasteiger charge is 2.39. The summed E-state index contributed by atoms with van der Waals surface area (Å²) in [5.41, 5.74) is 0. The molecule has 1 aromatic rings. The Morgan fingerprint density at radius 1 is 1.55 bits per heavy atom. The van der Waals surface area contributed by atoms with Gasteiger partial charge in [0, 0.05) is 33.7 Å². The summed E-state index contributed by atoms with van der Waals surface area (Å²) in [6.07, 6.45) is 1.36. The molecule has 1 fully saturated rings. The molecule has 1 aliphatic rings. The number of carbonyl (C=O) groups excluding carboxylic acids is 1. The number of hydrogen-bond acceptors (Lipinski definition) is 6. The van der Waals surface area contributed by atoms with Gasteiger partial charge < -0.3 is 10.2 Å². The Balaban J connectivity index is 2.34. The second-order valence-corrected chi connectivity index (χ2v) is 8.12. The molecule has 0 aromatic carbocycles. The molecule has 0 saturated carbocycles. The van der Waals surface area contributed by atoms with Crippen LogP contribution in [-0.4, -0.2) is 68.3 Å². The van der Waals surface area contributed by atoms with Crippen molar-refractivity contribution in [1.29, 1.82) is 0 Å². The Morgan fingerprint density at radius 2 is 2.25 bits per heavy atom. The van der Waals surface area contributed by atoms with Crippen LogP contribution in [-0.2, 0) is 14.8 Å². The molecule has 0 aliphatic carbocycles. The smallest absolute Gasteiger partial charge is 0.254 e. The van der Waals surface area contributed by atoms with E-state index < -0.39 is 16.1 Å². The average Bonchev–Trinajstić information content (AvgIpc) is 2.85. The fourth-order valence-electron chi connectivity index (χ4n) is 2.06. The van der Waals surface area contributed by atoms with Crippen molar-refractivity contribution in [1.82, 2.24) is 19.5 Å². The first-order chi connectivity index (χ1) is 9.34. The zero-order valence-electron chi connectivity index (χ0n) is 11.7. The van der Waals surface area contributed by atoms with Gasteiger partial charge in [0.15, 0.2) is 4.21 Å². The zero-order chi connectivity index (χ0) is 14.9. The molecule has 2 heterocycles. The van der Waals surface area contributed by atoms with Crippen LogP contribution in [0.5, 0.6) is 0 Å². The number of sulfonamides is 1. The van der Waals surface area contributed by atoms with Crippen molar-refractivity contribution in [3.8, 4) is 0 Å². The van der Waals surface area contributed by atoms with E-state index in [4.69, 9.17) is 0 Å². The number of rotatable bonds is 3. The van der Waals surface area contributed by atoms with Gasteiger partial charge in [-0.05, 0) is 6.92 Å². The largest absolute Gasteiger partial charge is 0.347 e. The summed E-state index contributed by atoms with van der Waals surface area (Å²) in [5.74, 6) is -0.220. The van der Waals surface area contributed by atoms with Gasteiger partial charge in [-0.3, -0.25) is 4.79 Å². The molecule has 0 spiro atoms. The van der Waals surface area contributed by atoms with E-state index in [2.05, 4.69) is 10.3 Å². The molecule has 0 bridgehead atoms. The maximum absolute atomic E-state index is 12.6. The van der Waals surface area contributed by atoms with E-state index in [-0.39, 0.29) is 16.7 Å². The van der Waals surface area contributed by atoms with Gasteiger partial charge in [0.2, 0.25) is 5.91 Å². The second kappa shape index (κ2) is 5.76. The van der Waals surface area contributed by atoms with E-state index in [1.165, 1.54) is 15.4 Å². The molecule has 1 aromatic heterocycles. The number of aryl methyl sites for hydroxylation is 1. The molecule has 20 heavy (non-hydrogen) atoms. The standard InChI is InChI=1S/C11H18N4O3S2/c1-8-13-7-10(19-8)20(17,18)15-5-4-12-6-9(15)11(16)14(2)3/h7,9,12H,4-6H2,1-3H3. The van der Waals surface area contributed by atoms with E-state index in [9.17, 15) is 13.2 Å². The van der Waals surface area contributed by atoms with Crippen LogP contribution in [0.1, 0.15) is 5.01 Å². The number of amides is 1. The number of likely N-dealkylation sites (N-methyl/N-ethyl adjacent to an activating group) is 1. The van der Waals surface area contributed by atoms with E-state index in [0.29, 0.717) is 18.1 Å². The predicted octanol–water partition coefficient (Wildman–Crippen LogP) is -0.498. The van der Waals surface area contributed by atoms with Gasteiger partial charge in [0.25, 0.3) is 10.0 Å². The van der Waals surface area contributed by atoms with Crippen LogP contribution in [0.2, 0.25) is 0 Å². The van der Waals surface area contributed by atoms with Crippen LogP contribution >= 0.6 is 11.3 Å². The minimum Gasteiger partial charge on any atom is -0.347 e. The monoisotopic (exact) mass is 318 g/mol. The minimum atomic E-state index is -3.67. The first-order valence-electron chi connectivity index (χ1n) is 6.20. The van der Waals surface area contributed by atoms with Crippen molar-refractivity contribution in [3.63, 3.8) is 0 Å². The molecule has 1 saturated heterocycles. The first-order valence-corrected chi connectivity index (χ1v) is 8.46. The highest BCUT2D eigenvalue weighted by molar-refractivity contribution is 7.91. The van der Waals surface area contributed by atoms with Crippen LogP contribution in [0.15, 0.2) is 10.4 Å². The lowest BCUT2D eigenvalue weighted by Gasteiger charge is -2.34. The van der Waals surface area contributed by atoms with Crippen LogP contribution in [0.4, 0.5) is 0 Å². The molecule has 7 nitrogen and oxygen atoms in total. The topological polar surface area (TPSA) is 82.6 Å². The normalized spacial score (nSPS) is 20.9. The number of carbonyl (C=O) groups is 1. The van der Waals surface area contributed by atoms with Crippen molar-refractivity contribution in [2.75, 3.05) is 33.7 Å². The predicted molar refractivity (Wildman–Crippen MR) is 76.1 cm³/mol. The quantitative estimate of drug-likeness (QED) is 0.812. The third-order valence-corrected chi connectivity index (χ3v) is 6.34. The van der Waals surface area contributed by atoms with Gasteiger partial charge in [-0.1, -0.05) is 0 Å². The van der Waals surface area contributed by atoms with E-state index in [0.717, 1.165) is 11.3 Å². The van der Waals surface area contributed by atoms with Gasteiger partial charge in [-0.25, -0.2) is 13.4 Å². The summed E-state index contributed by atoms with van der Waals surface area (Å²) in [6, 6.07) is -0.703. The third kappa shape index (κ3) is 2.85. The Kier molecular flexibility index (Phi) is 4.43. The molecule has 1 aliphatic heterocycles. The minimum absolute atomic E-state index is 0.188. The summed E-state index contributed by atoms with van der Waals surface area (Å²) < 4.78 is 26.7. The highest BCUT2D eigenvalue weighted by Crippen LogP contribution is 2.24. The molecule has 1 unspecified atom stereocenters. The molecule has 1 atom stereocenters. The van der Waals surface area contributed by atoms with Crippen molar-refractivity contribution in [2.45, 2.75) is 17.2 Å². The Morgan fingerprint density at radius 3 is 2.80 bits per heavy atom. The van der Waals surface area contributed by atoms with Gasteiger partial charge in [-0.2, -0.15) is 4.31 Å². The summed E-state index contributed by atoms with van der Waals surface area (Å²) in [4.78, 5) is 17.6. The molecule has 2 rings (SSSR count). The highest BCUT2D eigenvalue weighted by atomic mass is 32.2. The first kappa shape index (κ1) is 15.4. The van der Waals surface area contributed by atoms with Crippen molar-refractivity contribution in [2.24, 2.45) is 0 Å². The average molecular weight is 318 g/mol. The maximum atomic E-state index is 12.6. The number of piperazine rings is 1. The Labute approximate surface area is 122 Å². The molecule has 112 valence electrons. The number of nitrogens with one attached hydrogen (secondary N) is 1. The van der Waals surface area contributed by atoms with Gasteiger partial charge in [0.05, 0.1) is 11.2 Å². The van der Waals surface area contributed by atoms with Gasteiger partial charge in [-0.15, -0.1) is 11.3 Å². The fourth-order valence-corrected chi connectivity index (χ4v) is 4.88. The molecular formula is C11H18N4O3S2. The number of thiazole rings is 1. The molecular weight excluding hydrogens is 300 g/mol. The molecule has 1 N–H and O–H groups in total. The summed E-state index contributed by atoms with van der Waals surface area (Å²) in [6.45, 7) is 2.90. The number of hydrogen-bond donors (Lipinski definition) is 1.